The molecule has 5 nitrogen and oxygen atoms in total. The zero-order valence-electron chi connectivity index (χ0n) is 13.4. The summed E-state index contributed by atoms with van der Waals surface area (Å²) in [5, 5.41) is 0.0643. The Morgan fingerprint density at radius 3 is 2.08 bits per heavy atom. The van der Waals surface area contributed by atoms with E-state index in [-0.39, 0.29) is 17.1 Å². The number of nitrogens with two attached hydrogens (primary N) is 1. The number of Topliss-reactive ketones (excluding diaryl/α,β-unsaturated/α-hetero) is 1. The van der Waals surface area contributed by atoms with Crippen LogP contribution in [0.15, 0.2) is 53.5 Å². The Morgan fingerprint density at radius 1 is 1.00 bits per heavy atom. The molecule has 2 unspecified atom stereocenters. The van der Waals surface area contributed by atoms with E-state index >= 15 is 0 Å². The third kappa shape index (κ3) is 3.23. The summed E-state index contributed by atoms with van der Waals surface area (Å²) in [5.41, 5.74) is 7.45. The zero-order chi connectivity index (χ0) is 17.1. The molecule has 3 rings (SSSR count). The van der Waals surface area contributed by atoms with Crippen molar-refractivity contribution in [2.45, 2.75) is 11.3 Å². The summed E-state index contributed by atoms with van der Waals surface area (Å²) in [6.07, 6.45) is 0. The number of carbonyl (C=O) groups is 1. The number of ketones is 1. The minimum atomic E-state index is -0.369. The highest BCUT2D eigenvalue weighted by atomic mass is 32.2. The highest BCUT2D eigenvalue weighted by Gasteiger charge is 2.36. The number of hydrogen-bond donors (Lipinski definition) is 1. The largest absolute Gasteiger partial charge is 0.497 e. The van der Waals surface area contributed by atoms with Crippen LogP contribution in [0, 0.1) is 0 Å². The monoisotopic (exact) mass is 342 g/mol. The SMILES string of the molecule is COc1ccc(C(=O)C2SC(N)=NC2c2ccc(OC)cc2)cc1. The van der Waals surface area contributed by atoms with Crippen molar-refractivity contribution in [3.05, 3.63) is 59.7 Å². The molecule has 2 atom stereocenters. The molecule has 1 heterocycles. The molecule has 2 aromatic carbocycles. The third-order valence-corrected chi connectivity index (χ3v) is 4.96. The van der Waals surface area contributed by atoms with Crippen LogP contribution in [0.25, 0.3) is 0 Å². The fourth-order valence-corrected chi connectivity index (χ4v) is 3.62. The van der Waals surface area contributed by atoms with E-state index in [1.54, 1.807) is 38.5 Å². The van der Waals surface area contributed by atoms with Crippen molar-refractivity contribution in [3.8, 4) is 11.5 Å². The Morgan fingerprint density at radius 2 is 1.54 bits per heavy atom. The van der Waals surface area contributed by atoms with Gasteiger partial charge in [-0.15, -0.1) is 0 Å². The summed E-state index contributed by atoms with van der Waals surface area (Å²) in [4.78, 5) is 17.3. The molecule has 0 saturated heterocycles. The quantitative estimate of drug-likeness (QED) is 0.845. The summed E-state index contributed by atoms with van der Waals surface area (Å²) < 4.78 is 10.3. The van der Waals surface area contributed by atoms with Gasteiger partial charge in [0.15, 0.2) is 11.0 Å². The van der Waals surface area contributed by atoms with Gasteiger partial charge >= 0.3 is 0 Å². The van der Waals surface area contributed by atoms with E-state index in [1.807, 2.05) is 24.3 Å². The van der Waals surface area contributed by atoms with E-state index < -0.39 is 0 Å². The smallest absolute Gasteiger partial charge is 0.178 e. The van der Waals surface area contributed by atoms with Crippen LogP contribution in [0.3, 0.4) is 0 Å². The molecule has 2 aromatic rings. The molecule has 0 radical (unpaired) electrons. The highest BCUT2D eigenvalue weighted by molar-refractivity contribution is 8.15. The molecule has 0 amide bonds. The number of hydrogen-bond acceptors (Lipinski definition) is 6. The summed E-state index contributed by atoms with van der Waals surface area (Å²) in [6, 6.07) is 14.3. The molecule has 1 aliphatic heterocycles. The summed E-state index contributed by atoms with van der Waals surface area (Å²) in [5.74, 6) is 1.49. The fraction of sp³-hybridized carbons (Fsp3) is 0.222. The number of ether oxygens (including phenoxy) is 2. The number of nitrogens with zero attached hydrogens (tertiary/aromatic N) is 1. The lowest BCUT2D eigenvalue weighted by atomic mass is 9.97. The van der Waals surface area contributed by atoms with Crippen LogP contribution in [-0.4, -0.2) is 30.4 Å². The van der Waals surface area contributed by atoms with E-state index in [0.717, 1.165) is 11.3 Å². The Labute approximate surface area is 144 Å². The van der Waals surface area contributed by atoms with Crippen molar-refractivity contribution in [2.75, 3.05) is 14.2 Å². The van der Waals surface area contributed by atoms with Gasteiger partial charge in [-0.2, -0.15) is 0 Å². The highest BCUT2D eigenvalue weighted by Crippen LogP contribution is 2.38. The predicted octanol–water partition coefficient (Wildman–Crippen LogP) is 3.06. The predicted molar refractivity (Wildman–Crippen MR) is 96.1 cm³/mol. The van der Waals surface area contributed by atoms with Gasteiger partial charge in [-0.05, 0) is 42.0 Å². The summed E-state index contributed by atoms with van der Waals surface area (Å²) >= 11 is 1.31. The number of rotatable bonds is 5. The van der Waals surface area contributed by atoms with E-state index in [2.05, 4.69) is 4.99 Å². The van der Waals surface area contributed by atoms with Crippen LogP contribution in [-0.2, 0) is 0 Å². The van der Waals surface area contributed by atoms with E-state index in [4.69, 9.17) is 15.2 Å². The maximum atomic E-state index is 12.9. The molecule has 124 valence electrons. The van der Waals surface area contributed by atoms with Gasteiger partial charge in [0.05, 0.1) is 20.3 Å². The lowest BCUT2D eigenvalue weighted by molar-refractivity contribution is 0.0983. The first kappa shape index (κ1) is 16.4. The van der Waals surface area contributed by atoms with Crippen molar-refractivity contribution < 1.29 is 14.3 Å². The number of benzene rings is 2. The molecule has 0 bridgehead atoms. The van der Waals surface area contributed by atoms with Gasteiger partial charge < -0.3 is 15.2 Å². The van der Waals surface area contributed by atoms with E-state index in [0.29, 0.717) is 16.5 Å². The maximum absolute atomic E-state index is 12.9. The first-order valence-corrected chi connectivity index (χ1v) is 8.32. The summed E-state index contributed by atoms with van der Waals surface area (Å²) in [6.45, 7) is 0. The summed E-state index contributed by atoms with van der Waals surface area (Å²) in [7, 11) is 3.21. The number of carbonyl (C=O) groups excluding carboxylic acids is 1. The van der Waals surface area contributed by atoms with Gasteiger partial charge in [-0.1, -0.05) is 23.9 Å². The van der Waals surface area contributed by atoms with E-state index in [9.17, 15) is 4.79 Å². The van der Waals surface area contributed by atoms with Gasteiger partial charge in [0.1, 0.15) is 16.7 Å². The standard InChI is InChI=1S/C18H18N2O3S/c1-22-13-7-3-11(4-8-13)15-17(24-18(19)20-15)16(21)12-5-9-14(23-2)10-6-12/h3-10,15,17H,1-2H3,(H2,19,20). The molecule has 6 heteroatoms. The van der Waals surface area contributed by atoms with Crippen molar-refractivity contribution >= 4 is 22.7 Å². The Hall–Kier alpha value is -2.47. The molecule has 0 fully saturated rings. The number of amidine groups is 1. The van der Waals surface area contributed by atoms with Gasteiger partial charge in [-0.3, -0.25) is 9.79 Å². The van der Waals surface area contributed by atoms with Crippen molar-refractivity contribution in [2.24, 2.45) is 10.7 Å². The molecule has 0 aromatic heterocycles. The minimum absolute atomic E-state index is 0.00710. The van der Waals surface area contributed by atoms with Crippen LogP contribution < -0.4 is 15.2 Å². The van der Waals surface area contributed by atoms with Crippen LogP contribution in [0.2, 0.25) is 0 Å². The van der Waals surface area contributed by atoms with Gasteiger partial charge in [0.2, 0.25) is 0 Å². The molecule has 0 saturated carbocycles. The second-order valence-corrected chi connectivity index (χ2v) is 6.48. The fourth-order valence-electron chi connectivity index (χ4n) is 2.60. The van der Waals surface area contributed by atoms with Crippen LogP contribution >= 0.6 is 11.8 Å². The molecule has 1 aliphatic rings. The third-order valence-electron chi connectivity index (χ3n) is 3.89. The Balaban J connectivity index is 1.86. The molecule has 0 aliphatic carbocycles. The molecular formula is C18H18N2O3S. The topological polar surface area (TPSA) is 73.9 Å². The molecular weight excluding hydrogens is 324 g/mol. The number of thioether (sulfide) groups is 1. The second-order valence-electron chi connectivity index (χ2n) is 5.32. The van der Waals surface area contributed by atoms with Crippen LogP contribution in [0.5, 0.6) is 11.5 Å². The second kappa shape index (κ2) is 6.97. The molecule has 24 heavy (non-hydrogen) atoms. The van der Waals surface area contributed by atoms with Gasteiger partial charge in [0, 0.05) is 5.56 Å². The Kier molecular flexibility index (Phi) is 4.76. The zero-order valence-corrected chi connectivity index (χ0v) is 14.2. The van der Waals surface area contributed by atoms with Gasteiger partial charge in [0.25, 0.3) is 0 Å². The van der Waals surface area contributed by atoms with Crippen molar-refractivity contribution in [1.29, 1.82) is 0 Å². The van der Waals surface area contributed by atoms with E-state index in [1.165, 1.54) is 11.8 Å². The molecule has 2 N–H and O–H groups in total. The van der Waals surface area contributed by atoms with Crippen molar-refractivity contribution in [3.63, 3.8) is 0 Å². The number of aliphatic imine (C=N–C) groups is 1. The lowest BCUT2D eigenvalue weighted by Crippen LogP contribution is -2.22. The average Bonchev–Trinajstić information content (AvgIpc) is 3.03. The molecule has 0 spiro atoms. The Bertz CT molecular complexity index is 757. The maximum Gasteiger partial charge on any atom is 0.178 e. The van der Waals surface area contributed by atoms with Crippen LogP contribution in [0.4, 0.5) is 0 Å². The van der Waals surface area contributed by atoms with Crippen molar-refractivity contribution in [1.82, 2.24) is 0 Å². The number of methoxy groups -OCH3 is 2. The van der Waals surface area contributed by atoms with Crippen LogP contribution in [0.1, 0.15) is 22.0 Å². The minimum Gasteiger partial charge on any atom is -0.497 e. The average molecular weight is 342 g/mol. The van der Waals surface area contributed by atoms with Gasteiger partial charge in [-0.25, -0.2) is 0 Å². The first-order valence-electron chi connectivity index (χ1n) is 7.44. The normalized spacial score (nSPS) is 19.7. The first-order chi connectivity index (χ1) is 11.6. The lowest BCUT2D eigenvalue weighted by Gasteiger charge is -2.17.